The van der Waals surface area contributed by atoms with Gasteiger partial charge in [0.1, 0.15) is 6.33 Å². The number of aliphatic hydroxyl groups is 1. The van der Waals surface area contributed by atoms with Crippen LogP contribution in [-0.4, -0.2) is 55.5 Å². The third kappa shape index (κ3) is 3.37. The predicted octanol–water partition coefficient (Wildman–Crippen LogP) is 1.60. The van der Waals surface area contributed by atoms with Crippen LogP contribution in [-0.2, 0) is 5.54 Å². The first-order chi connectivity index (χ1) is 13.1. The summed E-state index contributed by atoms with van der Waals surface area (Å²) in [5, 5.41) is 13.0. The van der Waals surface area contributed by atoms with Gasteiger partial charge in [-0.1, -0.05) is 6.92 Å². The summed E-state index contributed by atoms with van der Waals surface area (Å²) in [6.45, 7) is 3.40. The number of carbonyl (C=O) groups excluding carboxylic acids is 1. The normalized spacial score (nSPS) is 23.3. The van der Waals surface area contributed by atoms with Crippen LogP contribution in [0.4, 0.5) is 5.95 Å². The molecule has 8 nitrogen and oxygen atoms in total. The lowest BCUT2D eigenvalue weighted by molar-refractivity contribution is 0.0735. The van der Waals surface area contributed by atoms with Crippen LogP contribution in [0.25, 0.3) is 0 Å². The zero-order valence-electron chi connectivity index (χ0n) is 15.4. The quantitative estimate of drug-likeness (QED) is 0.798. The van der Waals surface area contributed by atoms with Crippen LogP contribution in [0, 0.1) is 5.41 Å². The molecule has 0 spiro atoms. The Labute approximate surface area is 158 Å². The summed E-state index contributed by atoms with van der Waals surface area (Å²) in [6, 6.07) is 0. The maximum absolute atomic E-state index is 12.7. The molecule has 2 aromatic heterocycles. The Morgan fingerprint density at radius 2 is 1.89 bits per heavy atom. The lowest BCUT2D eigenvalue weighted by Gasteiger charge is -2.25. The Morgan fingerprint density at radius 1 is 1.19 bits per heavy atom. The van der Waals surface area contributed by atoms with Crippen molar-refractivity contribution in [3.63, 3.8) is 0 Å². The lowest BCUT2D eigenvalue weighted by Crippen LogP contribution is -2.33. The molecule has 3 heterocycles. The number of rotatable bonds is 6. The minimum Gasteiger partial charge on any atom is -0.396 e. The van der Waals surface area contributed by atoms with Gasteiger partial charge in [0.2, 0.25) is 5.95 Å². The molecular formula is C19H24N6O2. The summed E-state index contributed by atoms with van der Waals surface area (Å²) < 4.78 is 0. The molecule has 1 aliphatic carbocycles. The maximum Gasteiger partial charge on any atom is 0.257 e. The van der Waals surface area contributed by atoms with Crippen LogP contribution >= 0.6 is 0 Å². The van der Waals surface area contributed by atoms with E-state index in [1.165, 1.54) is 6.33 Å². The molecule has 0 unspecified atom stereocenters. The van der Waals surface area contributed by atoms with Crippen molar-refractivity contribution in [2.24, 2.45) is 5.41 Å². The molecule has 0 bridgehead atoms. The van der Waals surface area contributed by atoms with Crippen LogP contribution in [0.2, 0.25) is 0 Å². The molecule has 2 aromatic rings. The van der Waals surface area contributed by atoms with Crippen molar-refractivity contribution in [1.82, 2.24) is 24.8 Å². The fourth-order valence-electron chi connectivity index (χ4n) is 3.69. The summed E-state index contributed by atoms with van der Waals surface area (Å²) in [5.74, 6) is 0.413. The Hall–Kier alpha value is -2.61. The Kier molecular flexibility index (Phi) is 4.51. The molecule has 1 atom stereocenters. The van der Waals surface area contributed by atoms with E-state index in [9.17, 15) is 9.90 Å². The average Bonchev–Trinajstić information content (AvgIpc) is 3.38. The molecule has 1 saturated carbocycles. The van der Waals surface area contributed by atoms with Crippen molar-refractivity contribution >= 4 is 11.9 Å². The van der Waals surface area contributed by atoms with Crippen LogP contribution in [0.15, 0.2) is 31.1 Å². The number of carbonyl (C=O) groups is 1. The van der Waals surface area contributed by atoms with Gasteiger partial charge in [-0.15, -0.1) is 0 Å². The van der Waals surface area contributed by atoms with Gasteiger partial charge in [-0.3, -0.25) is 4.79 Å². The lowest BCUT2D eigenvalue weighted by atomic mass is 9.85. The second-order valence-corrected chi connectivity index (χ2v) is 7.62. The molecule has 1 aliphatic heterocycles. The first kappa shape index (κ1) is 17.8. The number of nitrogens with zero attached hydrogens (tertiary/aromatic N) is 5. The van der Waals surface area contributed by atoms with Gasteiger partial charge in [-0.2, -0.15) is 0 Å². The van der Waals surface area contributed by atoms with Gasteiger partial charge < -0.3 is 15.3 Å². The van der Waals surface area contributed by atoms with E-state index in [4.69, 9.17) is 0 Å². The van der Waals surface area contributed by atoms with E-state index in [1.807, 2.05) is 0 Å². The monoisotopic (exact) mass is 368 g/mol. The number of anilines is 1. The van der Waals surface area contributed by atoms with Crippen LogP contribution in [0.1, 0.15) is 48.5 Å². The van der Waals surface area contributed by atoms with Crippen molar-refractivity contribution in [3.8, 4) is 0 Å². The van der Waals surface area contributed by atoms with Crippen molar-refractivity contribution in [2.75, 3.05) is 25.0 Å². The first-order valence-corrected chi connectivity index (χ1v) is 9.36. The predicted molar refractivity (Wildman–Crippen MR) is 98.9 cm³/mol. The molecule has 0 aromatic carbocycles. The van der Waals surface area contributed by atoms with Crippen molar-refractivity contribution in [2.45, 2.75) is 38.1 Å². The maximum atomic E-state index is 12.7. The minimum absolute atomic E-state index is 0.0806. The van der Waals surface area contributed by atoms with E-state index in [2.05, 4.69) is 32.2 Å². The first-order valence-electron chi connectivity index (χ1n) is 9.36. The highest BCUT2D eigenvalue weighted by molar-refractivity contribution is 5.94. The molecule has 8 heteroatoms. The highest BCUT2D eigenvalue weighted by Gasteiger charge is 2.45. The fourth-order valence-corrected chi connectivity index (χ4v) is 3.69. The molecule has 27 heavy (non-hydrogen) atoms. The highest BCUT2D eigenvalue weighted by Crippen LogP contribution is 2.47. The number of aliphatic hydroxyl groups excluding tert-OH is 1. The molecule has 142 valence electrons. The van der Waals surface area contributed by atoms with E-state index in [0.717, 1.165) is 31.2 Å². The van der Waals surface area contributed by atoms with Gasteiger partial charge in [-0.05, 0) is 25.7 Å². The second-order valence-electron chi connectivity index (χ2n) is 7.62. The third-order valence-corrected chi connectivity index (χ3v) is 5.92. The Morgan fingerprint density at radius 3 is 2.44 bits per heavy atom. The van der Waals surface area contributed by atoms with Gasteiger partial charge in [0.05, 0.1) is 17.7 Å². The van der Waals surface area contributed by atoms with E-state index in [-0.39, 0.29) is 23.5 Å². The number of nitrogens with one attached hydrogen (secondary N) is 1. The molecule has 4 rings (SSSR count). The number of hydrogen-bond acceptors (Lipinski definition) is 7. The van der Waals surface area contributed by atoms with Gasteiger partial charge in [0.25, 0.3) is 5.91 Å². The fraction of sp³-hybridized carbons (Fsp3) is 0.526. The van der Waals surface area contributed by atoms with Gasteiger partial charge in [-0.25, -0.2) is 19.9 Å². The molecule has 2 N–H and O–H groups in total. The van der Waals surface area contributed by atoms with Gasteiger partial charge in [0.15, 0.2) is 0 Å². The van der Waals surface area contributed by atoms with Crippen LogP contribution < -0.4 is 5.32 Å². The van der Waals surface area contributed by atoms with Crippen LogP contribution in [0.3, 0.4) is 0 Å². The van der Waals surface area contributed by atoms with Crippen LogP contribution in [0.5, 0.6) is 0 Å². The summed E-state index contributed by atoms with van der Waals surface area (Å²) in [7, 11) is 0. The summed E-state index contributed by atoms with van der Waals surface area (Å²) >= 11 is 0. The Balaban J connectivity index is 1.43. The van der Waals surface area contributed by atoms with Gasteiger partial charge in [0, 0.05) is 48.9 Å². The van der Waals surface area contributed by atoms with E-state index in [0.29, 0.717) is 24.6 Å². The standard InChI is InChI=1S/C19H24N6O2/c1-2-18(12-26)5-6-25(11-18)16(27)14-7-22-17(23-8-14)24-19(3-4-19)15-9-20-13-21-10-15/h7-10,13,26H,2-6,11-12H2,1H3,(H,22,23,24)/t18-/m1/s1. The zero-order valence-corrected chi connectivity index (χ0v) is 15.4. The smallest absolute Gasteiger partial charge is 0.257 e. The van der Waals surface area contributed by atoms with E-state index >= 15 is 0 Å². The molecule has 0 radical (unpaired) electrons. The topological polar surface area (TPSA) is 104 Å². The number of likely N-dealkylation sites (tertiary alicyclic amines) is 1. The highest BCUT2D eigenvalue weighted by atomic mass is 16.3. The van der Waals surface area contributed by atoms with E-state index < -0.39 is 0 Å². The second kappa shape index (κ2) is 6.84. The van der Waals surface area contributed by atoms with E-state index in [1.54, 1.807) is 29.7 Å². The third-order valence-electron chi connectivity index (χ3n) is 5.92. The largest absolute Gasteiger partial charge is 0.396 e. The number of hydrogen-bond donors (Lipinski definition) is 2. The Bertz CT molecular complexity index is 803. The van der Waals surface area contributed by atoms with Gasteiger partial charge >= 0.3 is 0 Å². The molecule has 1 amide bonds. The summed E-state index contributed by atoms with van der Waals surface area (Å²) in [4.78, 5) is 31.3. The molecule has 2 aliphatic rings. The summed E-state index contributed by atoms with van der Waals surface area (Å²) in [6.07, 6.45) is 11.9. The SMILES string of the molecule is CC[C@@]1(CO)CCN(C(=O)c2cnc(NC3(c4cncnc4)CC3)nc2)C1. The van der Waals surface area contributed by atoms with Crippen molar-refractivity contribution < 1.29 is 9.90 Å². The molecule has 1 saturated heterocycles. The number of amides is 1. The average molecular weight is 368 g/mol. The summed E-state index contributed by atoms with van der Waals surface area (Å²) in [5.41, 5.74) is 1.11. The molecule has 2 fully saturated rings. The van der Waals surface area contributed by atoms with Crippen molar-refractivity contribution in [1.29, 1.82) is 0 Å². The molecular weight excluding hydrogens is 344 g/mol. The van der Waals surface area contributed by atoms with Crippen molar-refractivity contribution in [3.05, 3.63) is 42.2 Å². The number of aromatic nitrogens is 4. The minimum atomic E-state index is -0.205. The zero-order chi connectivity index (χ0) is 18.9.